The lowest BCUT2D eigenvalue weighted by atomic mass is 10.1. The van der Waals surface area contributed by atoms with E-state index in [1.807, 2.05) is 0 Å². The highest BCUT2D eigenvalue weighted by molar-refractivity contribution is 7.90. The van der Waals surface area contributed by atoms with Gasteiger partial charge in [-0.15, -0.1) is 0 Å². The Balaban J connectivity index is 2.12. The summed E-state index contributed by atoms with van der Waals surface area (Å²) in [5.74, 6) is -0.542. The van der Waals surface area contributed by atoms with Crippen LogP contribution in [0.4, 0.5) is 18.9 Å². The predicted molar refractivity (Wildman–Crippen MR) is 83.3 cm³/mol. The normalized spacial score (nSPS) is 12.0. The van der Waals surface area contributed by atoms with E-state index in [1.165, 1.54) is 36.4 Å². The predicted octanol–water partition coefficient (Wildman–Crippen LogP) is 3.29. The Hall–Kier alpha value is -2.35. The molecule has 0 aliphatic rings. The zero-order chi connectivity index (χ0) is 18.0. The van der Waals surface area contributed by atoms with E-state index >= 15 is 0 Å². The smallest absolute Gasteiger partial charge is 0.326 e. The summed E-state index contributed by atoms with van der Waals surface area (Å²) in [6.07, 6.45) is -3.69. The van der Waals surface area contributed by atoms with Crippen molar-refractivity contribution < 1.29 is 26.4 Å². The van der Waals surface area contributed by atoms with Crippen LogP contribution in [0.1, 0.15) is 11.1 Å². The lowest BCUT2D eigenvalue weighted by Crippen LogP contribution is -2.15. The van der Waals surface area contributed by atoms with Crippen molar-refractivity contribution in [3.8, 4) is 0 Å². The van der Waals surface area contributed by atoms with Crippen molar-refractivity contribution in [2.75, 3.05) is 11.6 Å². The molecule has 1 amide bonds. The van der Waals surface area contributed by atoms with Gasteiger partial charge in [0.15, 0.2) is 9.84 Å². The summed E-state index contributed by atoms with van der Waals surface area (Å²) in [5, 5.41) is 2.48. The number of amides is 1. The number of alkyl halides is 3. The number of sulfone groups is 1. The van der Waals surface area contributed by atoms with Crippen LogP contribution >= 0.6 is 0 Å². The lowest BCUT2D eigenvalue weighted by Gasteiger charge is -2.09. The number of hydrogen-bond donors (Lipinski definition) is 1. The molecule has 2 aromatic rings. The summed E-state index contributed by atoms with van der Waals surface area (Å²) >= 11 is 0. The molecule has 128 valence electrons. The maximum Gasteiger partial charge on any atom is 0.416 e. The standard InChI is InChI=1S/C16H14F3NO3S/c1-24(22,23)14-7-3-6-13(10-14)20-15(21)9-11-4-2-5-12(8-11)16(17,18)19/h2-8,10H,9H2,1H3,(H,20,21). The fraction of sp³-hybridized carbons (Fsp3) is 0.188. The van der Waals surface area contributed by atoms with E-state index in [1.54, 1.807) is 0 Å². The Morgan fingerprint density at radius 1 is 1.08 bits per heavy atom. The Morgan fingerprint density at radius 2 is 1.75 bits per heavy atom. The van der Waals surface area contributed by atoms with Crippen LogP contribution in [-0.4, -0.2) is 20.6 Å². The Morgan fingerprint density at radius 3 is 2.38 bits per heavy atom. The molecule has 0 fully saturated rings. The maximum atomic E-state index is 12.7. The molecule has 0 atom stereocenters. The van der Waals surface area contributed by atoms with E-state index in [9.17, 15) is 26.4 Å². The first-order valence-electron chi connectivity index (χ1n) is 6.82. The molecule has 0 unspecified atom stereocenters. The van der Waals surface area contributed by atoms with E-state index in [0.29, 0.717) is 0 Å². The summed E-state index contributed by atoms with van der Waals surface area (Å²) in [4.78, 5) is 12.0. The largest absolute Gasteiger partial charge is 0.416 e. The number of nitrogens with one attached hydrogen (secondary N) is 1. The van der Waals surface area contributed by atoms with Crippen molar-refractivity contribution in [3.63, 3.8) is 0 Å². The van der Waals surface area contributed by atoms with Crippen LogP contribution in [0.5, 0.6) is 0 Å². The van der Waals surface area contributed by atoms with Crippen LogP contribution < -0.4 is 5.32 Å². The number of carbonyl (C=O) groups is 1. The van der Waals surface area contributed by atoms with Crippen LogP contribution in [0.15, 0.2) is 53.4 Å². The molecule has 0 saturated heterocycles. The lowest BCUT2D eigenvalue weighted by molar-refractivity contribution is -0.137. The Labute approximate surface area is 137 Å². The van der Waals surface area contributed by atoms with Crippen molar-refractivity contribution in [1.82, 2.24) is 0 Å². The van der Waals surface area contributed by atoms with Gasteiger partial charge in [0.05, 0.1) is 16.9 Å². The Bertz CT molecular complexity index is 861. The number of halogens is 3. The summed E-state index contributed by atoms with van der Waals surface area (Å²) in [7, 11) is -3.42. The molecule has 0 saturated carbocycles. The third-order valence-electron chi connectivity index (χ3n) is 3.16. The molecule has 0 aliphatic heterocycles. The van der Waals surface area contributed by atoms with Gasteiger partial charge in [-0.2, -0.15) is 13.2 Å². The summed E-state index contributed by atoms with van der Waals surface area (Å²) in [6, 6.07) is 10.1. The van der Waals surface area contributed by atoms with Crippen LogP contribution in [0.25, 0.3) is 0 Å². The van der Waals surface area contributed by atoms with Gasteiger partial charge in [-0.25, -0.2) is 8.42 Å². The molecule has 0 aromatic heterocycles. The zero-order valence-corrected chi connectivity index (χ0v) is 13.4. The van der Waals surface area contributed by atoms with Crippen molar-refractivity contribution in [3.05, 3.63) is 59.7 Å². The average molecular weight is 357 g/mol. The quantitative estimate of drug-likeness (QED) is 0.913. The molecule has 2 aromatic carbocycles. The molecule has 0 aliphatic carbocycles. The minimum absolute atomic E-state index is 0.0411. The molecule has 0 radical (unpaired) electrons. The molecule has 4 nitrogen and oxygen atoms in total. The molecule has 8 heteroatoms. The second kappa shape index (κ2) is 6.64. The van der Waals surface area contributed by atoms with Crippen LogP contribution in [-0.2, 0) is 27.2 Å². The topological polar surface area (TPSA) is 63.2 Å². The van der Waals surface area contributed by atoms with E-state index < -0.39 is 27.5 Å². The summed E-state index contributed by atoms with van der Waals surface area (Å²) in [6.45, 7) is 0. The molecule has 2 rings (SSSR count). The SMILES string of the molecule is CS(=O)(=O)c1cccc(NC(=O)Cc2cccc(C(F)(F)F)c2)c1. The summed E-state index contributed by atoms with van der Waals surface area (Å²) < 4.78 is 60.9. The molecular formula is C16H14F3NO3S. The zero-order valence-electron chi connectivity index (χ0n) is 12.6. The number of benzene rings is 2. The number of anilines is 1. The third-order valence-corrected chi connectivity index (χ3v) is 4.28. The van der Waals surface area contributed by atoms with Gasteiger partial charge in [-0.05, 0) is 29.8 Å². The first-order valence-corrected chi connectivity index (χ1v) is 8.71. The third kappa shape index (κ3) is 4.82. The van der Waals surface area contributed by atoms with Crippen LogP contribution in [0.3, 0.4) is 0 Å². The minimum Gasteiger partial charge on any atom is -0.326 e. The number of hydrogen-bond acceptors (Lipinski definition) is 3. The van der Waals surface area contributed by atoms with Gasteiger partial charge in [0.2, 0.25) is 5.91 Å². The van der Waals surface area contributed by atoms with E-state index in [0.717, 1.165) is 18.4 Å². The van der Waals surface area contributed by atoms with Gasteiger partial charge in [0.1, 0.15) is 0 Å². The first-order chi connectivity index (χ1) is 11.1. The van der Waals surface area contributed by atoms with Gasteiger partial charge in [0, 0.05) is 11.9 Å². The molecule has 0 heterocycles. The molecule has 24 heavy (non-hydrogen) atoms. The van der Waals surface area contributed by atoms with Gasteiger partial charge < -0.3 is 5.32 Å². The van der Waals surface area contributed by atoms with Gasteiger partial charge in [-0.3, -0.25) is 4.79 Å². The molecule has 0 spiro atoms. The van der Waals surface area contributed by atoms with Gasteiger partial charge in [0.25, 0.3) is 0 Å². The molecular weight excluding hydrogens is 343 g/mol. The van der Waals surface area contributed by atoms with Crippen molar-refractivity contribution in [1.29, 1.82) is 0 Å². The van der Waals surface area contributed by atoms with Crippen molar-refractivity contribution in [2.45, 2.75) is 17.5 Å². The van der Waals surface area contributed by atoms with E-state index in [4.69, 9.17) is 0 Å². The van der Waals surface area contributed by atoms with Crippen LogP contribution in [0.2, 0.25) is 0 Å². The van der Waals surface area contributed by atoms with Gasteiger partial charge >= 0.3 is 6.18 Å². The monoisotopic (exact) mass is 357 g/mol. The highest BCUT2D eigenvalue weighted by Gasteiger charge is 2.30. The number of rotatable bonds is 4. The number of carbonyl (C=O) groups excluding carboxylic acids is 1. The van der Waals surface area contributed by atoms with Crippen LogP contribution in [0, 0.1) is 0 Å². The fourth-order valence-electron chi connectivity index (χ4n) is 2.05. The molecule has 1 N–H and O–H groups in total. The van der Waals surface area contributed by atoms with E-state index in [-0.39, 0.29) is 22.6 Å². The van der Waals surface area contributed by atoms with Crippen molar-refractivity contribution >= 4 is 21.4 Å². The highest BCUT2D eigenvalue weighted by atomic mass is 32.2. The first kappa shape index (κ1) is 18.0. The fourth-order valence-corrected chi connectivity index (χ4v) is 2.72. The van der Waals surface area contributed by atoms with Crippen molar-refractivity contribution in [2.24, 2.45) is 0 Å². The highest BCUT2D eigenvalue weighted by Crippen LogP contribution is 2.29. The average Bonchev–Trinajstić information content (AvgIpc) is 2.46. The van der Waals surface area contributed by atoms with Gasteiger partial charge in [-0.1, -0.05) is 24.3 Å². The second-order valence-corrected chi connectivity index (χ2v) is 7.24. The summed E-state index contributed by atoms with van der Waals surface area (Å²) in [5.41, 5.74) is -0.358. The maximum absolute atomic E-state index is 12.7. The second-order valence-electron chi connectivity index (χ2n) is 5.22. The minimum atomic E-state index is -4.48. The Kier molecular flexibility index (Phi) is 4.98. The van der Waals surface area contributed by atoms with E-state index in [2.05, 4.69) is 5.32 Å². The molecule has 0 bridgehead atoms.